The highest BCUT2D eigenvalue weighted by Crippen LogP contribution is 2.47. The minimum Gasteiger partial charge on any atom is -0.396 e. The monoisotopic (exact) mass is 237 g/mol. The number of hydrogen-bond acceptors (Lipinski definition) is 3. The number of rotatable bonds is 7. The van der Waals surface area contributed by atoms with Crippen molar-refractivity contribution in [1.29, 1.82) is 0 Å². The lowest BCUT2D eigenvalue weighted by Crippen LogP contribution is -2.24. The lowest BCUT2D eigenvalue weighted by atomic mass is 10.0. The van der Waals surface area contributed by atoms with Crippen LogP contribution in [0, 0.1) is 5.41 Å². The van der Waals surface area contributed by atoms with Crippen molar-refractivity contribution >= 4 is 0 Å². The van der Waals surface area contributed by atoms with Crippen LogP contribution in [-0.2, 0) is 6.54 Å². The summed E-state index contributed by atoms with van der Waals surface area (Å²) in [5.74, 6) is 0. The Balaban J connectivity index is 1.74. The average molecular weight is 237 g/mol. The third-order valence-corrected chi connectivity index (χ3v) is 3.61. The van der Waals surface area contributed by atoms with Gasteiger partial charge in [0.05, 0.1) is 6.20 Å². The van der Waals surface area contributed by atoms with Gasteiger partial charge in [-0.3, -0.25) is 4.68 Å². The van der Waals surface area contributed by atoms with Gasteiger partial charge in [-0.15, -0.1) is 0 Å². The Morgan fingerprint density at radius 2 is 2.29 bits per heavy atom. The van der Waals surface area contributed by atoms with Crippen LogP contribution in [0.25, 0.3) is 0 Å². The molecule has 0 amide bonds. The van der Waals surface area contributed by atoms with Crippen molar-refractivity contribution in [3.05, 3.63) is 18.0 Å². The topological polar surface area (TPSA) is 50.1 Å². The molecular weight excluding hydrogens is 214 g/mol. The van der Waals surface area contributed by atoms with Gasteiger partial charge in [0.15, 0.2) is 0 Å². The first-order valence-electron chi connectivity index (χ1n) is 6.50. The molecule has 1 aromatic rings. The smallest absolute Gasteiger partial charge is 0.0534 e. The van der Waals surface area contributed by atoms with Gasteiger partial charge in [-0.2, -0.15) is 5.10 Å². The van der Waals surface area contributed by atoms with Crippen molar-refractivity contribution in [1.82, 2.24) is 15.1 Å². The van der Waals surface area contributed by atoms with Gasteiger partial charge in [-0.25, -0.2) is 0 Å². The van der Waals surface area contributed by atoms with Crippen molar-refractivity contribution in [2.75, 3.05) is 13.2 Å². The van der Waals surface area contributed by atoms with Gasteiger partial charge in [0.2, 0.25) is 0 Å². The molecule has 0 aromatic carbocycles. The predicted molar refractivity (Wildman–Crippen MR) is 67.7 cm³/mol. The van der Waals surface area contributed by atoms with Crippen LogP contribution in [0.2, 0.25) is 0 Å². The Labute approximate surface area is 103 Å². The number of aromatic nitrogens is 2. The molecule has 0 bridgehead atoms. The van der Waals surface area contributed by atoms with E-state index >= 15 is 0 Å². The fraction of sp³-hybridized carbons (Fsp3) is 0.769. The molecule has 4 heteroatoms. The van der Waals surface area contributed by atoms with Crippen LogP contribution >= 0.6 is 0 Å². The van der Waals surface area contributed by atoms with Gasteiger partial charge in [-0.05, 0) is 38.5 Å². The van der Waals surface area contributed by atoms with Gasteiger partial charge in [0.1, 0.15) is 0 Å². The molecule has 0 spiro atoms. The molecule has 17 heavy (non-hydrogen) atoms. The van der Waals surface area contributed by atoms with E-state index in [0.29, 0.717) is 18.1 Å². The maximum Gasteiger partial charge on any atom is 0.0534 e. The number of nitrogens with zero attached hydrogens (tertiary/aromatic N) is 2. The van der Waals surface area contributed by atoms with Crippen molar-refractivity contribution in [3.8, 4) is 0 Å². The molecule has 1 saturated carbocycles. The van der Waals surface area contributed by atoms with E-state index in [0.717, 1.165) is 19.5 Å². The van der Waals surface area contributed by atoms with E-state index in [-0.39, 0.29) is 0 Å². The van der Waals surface area contributed by atoms with Crippen molar-refractivity contribution in [2.24, 2.45) is 5.41 Å². The normalized spacial score (nSPS) is 17.6. The van der Waals surface area contributed by atoms with E-state index in [2.05, 4.69) is 30.5 Å². The molecule has 96 valence electrons. The van der Waals surface area contributed by atoms with E-state index in [1.165, 1.54) is 18.4 Å². The first-order chi connectivity index (χ1) is 8.15. The first-order valence-corrected chi connectivity index (χ1v) is 6.50. The molecule has 0 aliphatic heterocycles. The minimum absolute atomic E-state index is 0.312. The number of aliphatic hydroxyl groups excluding tert-OH is 1. The van der Waals surface area contributed by atoms with Gasteiger partial charge < -0.3 is 10.4 Å². The van der Waals surface area contributed by atoms with E-state index in [1.807, 2.05) is 10.9 Å². The van der Waals surface area contributed by atoms with Crippen LogP contribution in [0.1, 0.15) is 44.7 Å². The second-order valence-electron chi connectivity index (χ2n) is 5.50. The Morgan fingerprint density at radius 1 is 1.53 bits per heavy atom. The van der Waals surface area contributed by atoms with Crippen LogP contribution in [0.15, 0.2) is 12.4 Å². The molecule has 1 aromatic heterocycles. The Kier molecular flexibility index (Phi) is 3.84. The summed E-state index contributed by atoms with van der Waals surface area (Å²) < 4.78 is 1.98. The molecule has 1 aliphatic rings. The summed E-state index contributed by atoms with van der Waals surface area (Å²) in [6.07, 6.45) is 7.48. The number of hydrogen-bond donors (Lipinski definition) is 2. The average Bonchev–Trinajstić information content (AvgIpc) is 2.88. The van der Waals surface area contributed by atoms with Crippen LogP contribution in [0.5, 0.6) is 0 Å². The van der Waals surface area contributed by atoms with Crippen LogP contribution in [-0.4, -0.2) is 28.0 Å². The lowest BCUT2D eigenvalue weighted by molar-refractivity contribution is 0.245. The fourth-order valence-corrected chi connectivity index (χ4v) is 2.15. The zero-order valence-corrected chi connectivity index (χ0v) is 10.8. The van der Waals surface area contributed by atoms with Crippen LogP contribution in [0.3, 0.4) is 0 Å². The standard InChI is InChI=1S/C13H23N3O/c1-11(2)16-9-12(8-15-16)7-14-10-13(3-4-13)5-6-17/h8-9,11,14,17H,3-7,10H2,1-2H3. The molecule has 0 unspecified atom stereocenters. The summed E-state index contributed by atoms with van der Waals surface area (Å²) in [5, 5.41) is 16.8. The van der Waals surface area contributed by atoms with Crippen LogP contribution < -0.4 is 5.32 Å². The molecular formula is C13H23N3O. The molecule has 0 radical (unpaired) electrons. The second kappa shape index (κ2) is 5.19. The maximum atomic E-state index is 8.98. The summed E-state index contributed by atoms with van der Waals surface area (Å²) >= 11 is 0. The van der Waals surface area contributed by atoms with Gasteiger partial charge in [0, 0.05) is 37.5 Å². The first kappa shape index (κ1) is 12.6. The summed E-state index contributed by atoms with van der Waals surface area (Å²) in [5.41, 5.74) is 1.63. The van der Waals surface area contributed by atoms with Crippen molar-refractivity contribution in [2.45, 2.75) is 45.7 Å². The van der Waals surface area contributed by atoms with Crippen molar-refractivity contribution in [3.63, 3.8) is 0 Å². The Morgan fingerprint density at radius 3 is 2.82 bits per heavy atom. The molecule has 2 N–H and O–H groups in total. The zero-order chi connectivity index (χ0) is 12.3. The molecule has 1 heterocycles. The van der Waals surface area contributed by atoms with Gasteiger partial charge in [-0.1, -0.05) is 0 Å². The predicted octanol–water partition coefficient (Wildman–Crippen LogP) is 1.72. The van der Waals surface area contributed by atoms with E-state index in [1.54, 1.807) is 0 Å². The lowest BCUT2D eigenvalue weighted by Gasteiger charge is -2.13. The SMILES string of the molecule is CC(C)n1cc(CNCC2(CCO)CC2)cn1. The summed E-state index contributed by atoms with van der Waals surface area (Å²) in [4.78, 5) is 0. The van der Waals surface area contributed by atoms with Crippen LogP contribution in [0.4, 0.5) is 0 Å². The van der Waals surface area contributed by atoms with Gasteiger partial charge in [0.25, 0.3) is 0 Å². The van der Waals surface area contributed by atoms with Gasteiger partial charge >= 0.3 is 0 Å². The summed E-state index contributed by atoms with van der Waals surface area (Å²) in [7, 11) is 0. The molecule has 1 aliphatic carbocycles. The van der Waals surface area contributed by atoms with E-state index in [4.69, 9.17) is 5.11 Å². The third-order valence-electron chi connectivity index (χ3n) is 3.61. The highest BCUT2D eigenvalue weighted by atomic mass is 16.3. The molecule has 1 fully saturated rings. The van der Waals surface area contributed by atoms with E-state index < -0.39 is 0 Å². The summed E-state index contributed by atoms with van der Waals surface area (Å²) in [6, 6.07) is 0.424. The molecule has 0 saturated heterocycles. The number of nitrogens with one attached hydrogen (secondary N) is 1. The highest BCUT2D eigenvalue weighted by Gasteiger charge is 2.41. The second-order valence-corrected chi connectivity index (χ2v) is 5.50. The third kappa shape index (κ3) is 3.30. The van der Waals surface area contributed by atoms with Crippen molar-refractivity contribution < 1.29 is 5.11 Å². The van der Waals surface area contributed by atoms with E-state index in [9.17, 15) is 0 Å². The molecule has 4 nitrogen and oxygen atoms in total. The zero-order valence-electron chi connectivity index (χ0n) is 10.8. The highest BCUT2D eigenvalue weighted by molar-refractivity contribution is 5.04. The maximum absolute atomic E-state index is 8.98. The minimum atomic E-state index is 0.312. The Bertz CT molecular complexity index is 355. The molecule has 0 atom stereocenters. The Hall–Kier alpha value is -0.870. The quantitative estimate of drug-likeness (QED) is 0.759. The summed E-state index contributed by atoms with van der Waals surface area (Å²) in [6.45, 7) is 6.46. The fourth-order valence-electron chi connectivity index (χ4n) is 2.15. The largest absolute Gasteiger partial charge is 0.396 e. The molecule has 2 rings (SSSR count). The number of aliphatic hydroxyl groups is 1.